The van der Waals surface area contributed by atoms with E-state index in [0.717, 1.165) is 5.56 Å². The molecular weight excluding hydrogens is 260 g/mol. The minimum Gasteiger partial charge on any atom is -0.460 e. The Morgan fingerprint density at radius 1 is 1.20 bits per heavy atom. The smallest absolute Gasteiger partial charge is 0.374 e. The van der Waals surface area contributed by atoms with Crippen molar-refractivity contribution in [2.75, 3.05) is 19.8 Å². The number of ether oxygens (including phenoxy) is 3. The maximum Gasteiger partial charge on any atom is 0.374 e. The van der Waals surface area contributed by atoms with Gasteiger partial charge in [0, 0.05) is 18.4 Å². The normalized spacial score (nSPS) is 16.9. The van der Waals surface area contributed by atoms with Crippen molar-refractivity contribution in [2.24, 2.45) is 0 Å². The zero-order valence-corrected chi connectivity index (χ0v) is 11.5. The van der Waals surface area contributed by atoms with E-state index in [2.05, 4.69) is 4.74 Å². The summed E-state index contributed by atoms with van der Waals surface area (Å²) in [5.74, 6) is -2.28. The quantitative estimate of drug-likeness (QED) is 0.586. The number of Topliss-reactive ketones (excluding diaryl/α,β-unsaturated/α-hetero) is 1. The first-order valence-electron chi connectivity index (χ1n) is 6.71. The highest BCUT2D eigenvalue weighted by atomic mass is 16.7. The summed E-state index contributed by atoms with van der Waals surface area (Å²) in [5.41, 5.74) is 0.856. The summed E-state index contributed by atoms with van der Waals surface area (Å²) in [6, 6.07) is 9.45. The Balaban J connectivity index is 2.04. The fourth-order valence-corrected chi connectivity index (χ4v) is 2.19. The highest BCUT2D eigenvalue weighted by Gasteiger charge is 2.39. The van der Waals surface area contributed by atoms with E-state index in [4.69, 9.17) is 9.47 Å². The number of carbonyl (C=O) groups excluding carboxylic acids is 2. The summed E-state index contributed by atoms with van der Waals surface area (Å²) in [6.45, 7) is 2.81. The molecule has 1 heterocycles. The molecule has 5 heteroatoms. The van der Waals surface area contributed by atoms with Crippen molar-refractivity contribution in [3.63, 3.8) is 0 Å². The fourth-order valence-electron chi connectivity index (χ4n) is 2.19. The fraction of sp³-hybridized carbons (Fsp3) is 0.467. The Morgan fingerprint density at radius 2 is 1.85 bits per heavy atom. The predicted molar refractivity (Wildman–Crippen MR) is 70.9 cm³/mol. The number of rotatable bonds is 6. The first kappa shape index (κ1) is 14.7. The third-order valence-corrected chi connectivity index (χ3v) is 3.15. The van der Waals surface area contributed by atoms with E-state index in [0.29, 0.717) is 19.6 Å². The number of hydrogen-bond acceptors (Lipinski definition) is 5. The molecule has 0 unspecified atom stereocenters. The highest BCUT2D eigenvalue weighted by Crippen LogP contribution is 2.35. The van der Waals surface area contributed by atoms with Crippen LogP contribution in [-0.4, -0.2) is 31.6 Å². The zero-order chi connectivity index (χ0) is 14.4. The number of hydrogen-bond donors (Lipinski definition) is 0. The average molecular weight is 278 g/mol. The molecule has 2 rings (SSSR count). The summed E-state index contributed by atoms with van der Waals surface area (Å²) in [5, 5.41) is 0. The lowest BCUT2D eigenvalue weighted by atomic mass is 9.99. The summed E-state index contributed by atoms with van der Waals surface area (Å²) >= 11 is 0. The number of carbonyl (C=O) groups is 2. The second-order valence-corrected chi connectivity index (χ2v) is 4.46. The van der Waals surface area contributed by atoms with Gasteiger partial charge in [-0.2, -0.15) is 0 Å². The maximum atomic E-state index is 11.7. The maximum absolute atomic E-state index is 11.7. The van der Waals surface area contributed by atoms with E-state index in [1.165, 1.54) is 0 Å². The third kappa shape index (κ3) is 3.23. The van der Waals surface area contributed by atoms with Gasteiger partial charge in [0.15, 0.2) is 5.79 Å². The first-order chi connectivity index (χ1) is 9.68. The molecule has 1 saturated heterocycles. The van der Waals surface area contributed by atoms with Gasteiger partial charge >= 0.3 is 5.97 Å². The Labute approximate surface area is 117 Å². The van der Waals surface area contributed by atoms with Crippen molar-refractivity contribution in [1.29, 1.82) is 0 Å². The standard InChI is InChI=1S/C15H18O5/c1-2-18-14(17)13(16)8-9-15(19-10-11-20-15)12-6-4-3-5-7-12/h3-7H,2,8-11H2,1H3. The van der Waals surface area contributed by atoms with Crippen molar-refractivity contribution in [1.82, 2.24) is 0 Å². The largest absolute Gasteiger partial charge is 0.460 e. The van der Waals surface area contributed by atoms with E-state index in [1.807, 2.05) is 30.3 Å². The van der Waals surface area contributed by atoms with Crippen LogP contribution in [0.4, 0.5) is 0 Å². The topological polar surface area (TPSA) is 61.8 Å². The van der Waals surface area contributed by atoms with Crippen LogP contribution in [-0.2, 0) is 29.6 Å². The molecule has 1 aliphatic rings. The van der Waals surface area contributed by atoms with Crippen LogP contribution in [0.5, 0.6) is 0 Å². The molecule has 1 fully saturated rings. The Morgan fingerprint density at radius 3 is 2.45 bits per heavy atom. The van der Waals surface area contributed by atoms with Gasteiger partial charge < -0.3 is 14.2 Å². The molecule has 0 aromatic heterocycles. The second-order valence-electron chi connectivity index (χ2n) is 4.46. The van der Waals surface area contributed by atoms with Gasteiger partial charge in [-0.15, -0.1) is 0 Å². The number of benzene rings is 1. The van der Waals surface area contributed by atoms with Gasteiger partial charge in [0.1, 0.15) is 0 Å². The molecule has 0 spiro atoms. The van der Waals surface area contributed by atoms with E-state index < -0.39 is 17.5 Å². The van der Waals surface area contributed by atoms with Crippen LogP contribution >= 0.6 is 0 Å². The molecule has 0 saturated carbocycles. The minimum atomic E-state index is -0.927. The monoisotopic (exact) mass is 278 g/mol. The van der Waals surface area contributed by atoms with Crippen molar-refractivity contribution in [3.05, 3.63) is 35.9 Å². The molecule has 108 valence electrons. The molecule has 0 bridgehead atoms. The van der Waals surface area contributed by atoms with Crippen molar-refractivity contribution < 1.29 is 23.8 Å². The lowest BCUT2D eigenvalue weighted by molar-refractivity contribution is -0.175. The Bertz CT molecular complexity index is 462. The van der Waals surface area contributed by atoms with E-state index in [1.54, 1.807) is 6.92 Å². The number of ketones is 1. The molecule has 1 aromatic carbocycles. The third-order valence-electron chi connectivity index (χ3n) is 3.15. The Kier molecular flexibility index (Phi) is 4.87. The van der Waals surface area contributed by atoms with Crippen LogP contribution in [0, 0.1) is 0 Å². The summed E-state index contributed by atoms with van der Waals surface area (Å²) in [7, 11) is 0. The van der Waals surface area contributed by atoms with E-state index >= 15 is 0 Å². The predicted octanol–water partition coefficient (Wildman–Crippen LogP) is 1.80. The molecule has 0 atom stereocenters. The second kappa shape index (κ2) is 6.63. The van der Waals surface area contributed by atoms with Gasteiger partial charge in [-0.05, 0) is 6.92 Å². The van der Waals surface area contributed by atoms with Crippen LogP contribution in [0.1, 0.15) is 25.3 Å². The molecule has 0 amide bonds. The molecular formula is C15H18O5. The van der Waals surface area contributed by atoms with Gasteiger partial charge in [-0.3, -0.25) is 4.79 Å². The van der Waals surface area contributed by atoms with Crippen molar-refractivity contribution >= 4 is 11.8 Å². The van der Waals surface area contributed by atoms with Crippen molar-refractivity contribution in [3.8, 4) is 0 Å². The van der Waals surface area contributed by atoms with Gasteiger partial charge in [0.25, 0.3) is 0 Å². The van der Waals surface area contributed by atoms with Crippen LogP contribution in [0.15, 0.2) is 30.3 Å². The van der Waals surface area contributed by atoms with Gasteiger partial charge in [-0.25, -0.2) is 4.79 Å². The summed E-state index contributed by atoms with van der Waals surface area (Å²) < 4.78 is 16.1. The van der Waals surface area contributed by atoms with Crippen LogP contribution in [0.25, 0.3) is 0 Å². The van der Waals surface area contributed by atoms with Crippen molar-refractivity contribution in [2.45, 2.75) is 25.6 Å². The average Bonchev–Trinajstić information content (AvgIpc) is 2.96. The molecule has 0 N–H and O–H groups in total. The molecule has 5 nitrogen and oxygen atoms in total. The SMILES string of the molecule is CCOC(=O)C(=O)CCC1(c2ccccc2)OCCO1. The summed E-state index contributed by atoms with van der Waals surface area (Å²) in [4.78, 5) is 23.0. The molecule has 1 aliphatic heterocycles. The van der Waals surface area contributed by atoms with Gasteiger partial charge in [0.2, 0.25) is 5.78 Å². The van der Waals surface area contributed by atoms with Crippen LogP contribution in [0.2, 0.25) is 0 Å². The van der Waals surface area contributed by atoms with Gasteiger partial charge in [-0.1, -0.05) is 30.3 Å². The highest BCUT2D eigenvalue weighted by molar-refractivity contribution is 6.33. The number of esters is 1. The molecule has 0 radical (unpaired) electrons. The summed E-state index contributed by atoms with van der Waals surface area (Å²) in [6.07, 6.45) is 0.336. The molecule has 0 aliphatic carbocycles. The Hall–Kier alpha value is -1.72. The lowest BCUT2D eigenvalue weighted by Gasteiger charge is -2.27. The van der Waals surface area contributed by atoms with E-state index in [-0.39, 0.29) is 13.0 Å². The zero-order valence-electron chi connectivity index (χ0n) is 11.5. The first-order valence-corrected chi connectivity index (χ1v) is 6.71. The minimum absolute atomic E-state index is 0.0354. The molecule has 1 aromatic rings. The molecule has 20 heavy (non-hydrogen) atoms. The van der Waals surface area contributed by atoms with Gasteiger partial charge in [0.05, 0.1) is 19.8 Å². The van der Waals surface area contributed by atoms with E-state index in [9.17, 15) is 9.59 Å². The van der Waals surface area contributed by atoms with Crippen LogP contribution in [0.3, 0.4) is 0 Å². The lowest BCUT2D eigenvalue weighted by Crippen LogP contribution is -2.29. The van der Waals surface area contributed by atoms with Crippen LogP contribution < -0.4 is 0 Å².